The molecule has 0 aliphatic rings. The molecule has 26 heavy (non-hydrogen) atoms. The number of nitrogens with one attached hydrogen (secondary N) is 1. The van der Waals surface area contributed by atoms with E-state index >= 15 is 0 Å². The van der Waals surface area contributed by atoms with Crippen LogP contribution in [0.25, 0.3) is 0 Å². The van der Waals surface area contributed by atoms with Crippen LogP contribution >= 0.6 is 23.2 Å². The molecule has 0 radical (unpaired) electrons. The van der Waals surface area contributed by atoms with E-state index in [1.54, 1.807) is 29.2 Å². The zero-order valence-electron chi connectivity index (χ0n) is 13.6. The predicted molar refractivity (Wildman–Crippen MR) is 101 cm³/mol. The predicted octanol–water partition coefficient (Wildman–Crippen LogP) is 3.45. The molecule has 0 aliphatic heterocycles. The van der Waals surface area contributed by atoms with Gasteiger partial charge in [-0.3, -0.25) is 4.68 Å². The van der Waals surface area contributed by atoms with Crippen LogP contribution < -0.4 is 4.72 Å². The van der Waals surface area contributed by atoms with Gasteiger partial charge in [-0.2, -0.15) is 5.10 Å². The lowest BCUT2D eigenvalue weighted by molar-refractivity contribution is 0.482. The molecule has 1 N–H and O–H groups in total. The maximum absolute atomic E-state index is 12.7. The van der Waals surface area contributed by atoms with Gasteiger partial charge < -0.3 is 0 Å². The van der Waals surface area contributed by atoms with Gasteiger partial charge in [-0.15, -0.1) is 0 Å². The van der Waals surface area contributed by atoms with Gasteiger partial charge in [0, 0.05) is 0 Å². The molecular weight excluding hydrogens is 395 g/mol. The summed E-state index contributed by atoms with van der Waals surface area (Å²) in [5.41, 5.74) is 1.39. The van der Waals surface area contributed by atoms with Crippen LogP contribution in [0, 0.1) is 0 Å². The molecule has 0 aliphatic carbocycles. The lowest BCUT2D eigenvalue weighted by Crippen LogP contribution is -2.32. The van der Waals surface area contributed by atoms with E-state index in [9.17, 15) is 8.42 Å². The van der Waals surface area contributed by atoms with Gasteiger partial charge in [0.2, 0.25) is 10.0 Å². The van der Waals surface area contributed by atoms with Gasteiger partial charge in [0.25, 0.3) is 0 Å². The van der Waals surface area contributed by atoms with Crippen molar-refractivity contribution in [1.82, 2.24) is 19.5 Å². The molecule has 3 rings (SSSR count). The Morgan fingerprint density at radius 3 is 2.50 bits per heavy atom. The van der Waals surface area contributed by atoms with Gasteiger partial charge >= 0.3 is 0 Å². The minimum atomic E-state index is -3.63. The third kappa shape index (κ3) is 5.04. The summed E-state index contributed by atoms with van der Waals surface area (Å²) in [6, 6.07) is 13.6. The number of aromatic nitrogens is 3. The van der Waals surface area contributed by atoms with Crippen molar-refractivity contribution in [3.8, 4) is 0 Å². The molecule has 1 heterocycles. The SMILES string of the molecule is O=S(=O)(Cc1ccc(Cl)c(Cl)c1)NC(Cn1cncn1)c1ccccc1. The molecule has 3 aromatic rings. The van der Waals surface area contributed by atoms with Crippen molar-refractivity contribution in [3.63, 3.8) is 0 Å². The fourth-order valence-electron chi connectivity index (χ4n) is 2.52. The van der Waals surface area contributed by atoms with E-state index in [1.807, 2.05) is 30.3 Å². The molecule has 0 bridgehead atoms. The van der Waals surface area contributed by atoms with Crippen LogP contribution in [-0.2, 0) is 22.3 Å². The highest BCUT2D eigenvalue weighted by Crippen LogP contribution is 2.24. The topological polar surface area (TPSA) is 76.9 Å². The molecule has 0 saturated carbocycles. The van der Waals surface area contributed by atoms with E-state index < -0.39 is 16.1 Å². The van der Waals surface area contributed by atoms with E-state index in [2.05, 4.69) is 14.8 Å². The fourth-order valence-corrected chi connectivity index (χ4v) is 4.18. The number of halogens is 2. The second-order valence-electron chi connectivity index (χ2n) is 5.71. The van der Waals surface area contributed by atoms with Crippen LogP contribution in [0.2, 0.25) is 10.0 Å². The summed E-state index contributed by atoms with van der Waals surface area (Å²) in [6.45, 7) is 0.324. The van der Waals surface area contributed by atoms with E-state index in [1.165, 1.54) is 6.33 Å². The number of rotatable bonds is 7. The van der Waals surface area contributed by atoms with E-state index in [0.29, 0.717) is 22.2 Å². The standard InChI is InChI=1S/C17H16Cl2N4O2S/c18-15-7-6-13(8-16(15)19)10-26(24,25)22-17(9-23-12-20-11-21-23)14-4-2-1-3-5-14/h1-8,11-12,17,22H,9-10H2. The summed E-state index contributed by atoms with van der Waals surface area (Å²) in [5, 5.41) is 4.76. The van der Waals surface area contributed by atoms with Crippen LogP contribution in [0.3, 0.4) is 0 Å². The number of nitrogens with zero attached hydrogens (tertiary/aromatic N) is 3. The number of sulfonamides is 1. The molecule has 136 valence electrons. The Hall–Kier alpha value is -1.93. The highest BCUT2D eigenvalue weighted by Gasteiger charge is 2.21. The molecule has 0 saturated heterocycles. The number of hydrogen-bond donors (Lipinski definition) is 1. The van der Waals surface area contributed by atoms with Gasteiger partial charge in [-0.05, 0) is 23.3 Å². The maximum atomic E-state index is 12.7. The third-order valence-electron chi connectivity index (χ3n) is 3.70. The van der Waals surface area contributed by atoms with Crippen molar-refractivity contribution in [2.24, 2.45) is 0 Å². The van der Waals surface area contributed by atoms with Gasteiger partial charge in [-0.25, -0.2) is 18.1 Å². The molecule has 0 amide bonds. The Morgan fingerprint density at radius 2 is 1.85 bits per heavy atom. The Bertz CT molecular complexity index is 964. The summed E-state index contributed by atoms with van der Waals surface area (Å²) in [4.78, 5) is 3.90. The highest BCUT2D eigenvalue weighted by atomic mass is 35.5. The summed E-state index contributed by atoms with van der Waals surface area (Å²) in [6.07, 6.45) is 2.95. The summed E-state index contributed by atoms with van der Waals surface area (Å²) >= 11 is 11.9. The second kappa shape index (κ2) is 8.18. The van der Waals surface area contributed by atoms with E-state index in [4.69, 9.17) is 23.2 Å². The first kappa shape index (κ1) is 18.8. The fraction of sp³-hybridized carbons (Fsp3) is 0.176. The Labute approximate surface area is 161 Å². The molecule has 1 atom stereocenters. The monoisotopic (exact) mass is 410 g/mol. The van der Waals surface area contributed by atoms with Crippen LogP contribution in [0.1, 0.15) is 17.2 Å². The zero-order chi connectivity index (χ0) is 18.6. The van der Waals surface area contributed by atoms with Gasteiger partial charge in [0.05, 0.1) is 28.4 Å². The maximum Gasteiger partial charge on any atom is 0.216 e. The van der Waals surface area contributed by atoms with Crippen molar-refractivity contribution in [2.75, 3.05) is 0 Å². The summed E-state index contributed by atoms with van der Waals surface area (Å²) < 4.78 is 29.7. The van der Waals surface area contributed by atoms with Crippen molar-refractivity contribution < 1.29 is 8.42 Å². The van der Waals surface area contributed by atoms with Crippen molar-refractivity contribution in [3.05, 3.63) is 82.4 Å². The first-order valence-corrected chi connectivity index (χ1v) is 10.1. The molecule has 9 heteroatoms. The Balaban J connectivity index is 1.81. The van der Waals surface area contributed by atoms with Gasteiger partial charge in [-0.1, -0.05) is 59.6 Å². The lowest BCUT2D eigenvalue weighted by Gasteiger charge is -2.19. The lowest BCUT2D eigenvalue weighted by atomic mass is 10.1. The third-order valence-corrected chi connectivity index (χ3v) is 5.80. The van der Waals surface area contributed by atoms with Crippen molar-refractivity contribution >= 4 is 33.2 Å². The molecular formula is C17H16Cl2N4O2S. The van der Waals surface area contributed by atoms with Crippen LogP contribution in [0.5, 0.6) is 0 Å². The first-order valence-electron chi connectivity index (χ1n) is 7.74. The van der Waals surface area contributed by atoms with Crippen LogP contribution in [-0.4, -0.2) is 23.2 Å². The molecule has 0 spiro atoms. The quantitative estimate of drug-likeness (QED) is 0.646. The Kier molecular flexibility index (Phi) is 5.93. The van der Waals surface area contributed by atoms with Gasteiger partial charge in [0.1, 0.15) is 12.7 Å². The smallest absolute Gasteiger partial charge is 0.216 e. The molecule has 1 aromatic heterocycles. The average molecular weight is 411 g/mol. The van der Waals surface area contributed by atoms with E-state index in [0.717, 1.165) is 5.56 Å². The second-order valence-corrected chi connectivity index (χ2v) is 8.27. The largest absolute Gasteiger partial charge is 0.251 e. The molecule has 2 aromatic carbocycles. The Morgan fingerprint density at radius 1 is 1.08 bits per heavy atom. The average Bonchev–Trinajstić information content (AvgIpc) is 3.11. The number of hydrogen-bond acceptors (Lipinski definition) is 4. The minimum absolute atomic E-state index is 0.204. The van der Waals surface area contributed by atoms with Crippen LogP contribution in [0.4, 0.5) is 0 Å². The summed E-state index contributed by atoms with van der Waals surface area (Å²) in [7, 11) is -3.63. The molecule has 6 nitrogen and oxygen atoms in total. The van der Waals surface area contributed by atoms with Gasteiger partial charge in [0.15, 0.2) is 0 Å². The first-order chi connectivity index (χ1) is 12.4. The molecule has 0 fully saturated rings. The van der Waals surface area contributed by atoms with Crippen molar-refractivity contribution in [2.45, 2.75) is 18.3 Å². The summed E-state index contributed by atoms with van der Waals surface area (Å²) in [5.74, 6) is -0.204. The minimum Gasteiger partial charge on any atom is -0.251 e. The molecule has 1 unspecified atom stereocenters. The number of benzene rings is 2. The highest BCUT2D eigenvalue weighted by molar-refractivity contribution is 7.88. The zero-order valence-corrected chi connectivity index (χ0v) is 15.9. The normalized spacial score (nSPS) is 12.8. The van der Waals surface area contributed by atoms with Crippen molar-refractivity contribution in [1.29, 1.82) is 0 Å². The van der Waals surface area contributed by atoms with Crippen LogP contribution in [0.15, 0.2) is 61.2 Å². The van der Waals surface area contributed by atoms with E-state index in [-0.39, 0.29) is 5.75 Å².